The van der Waals surface area contributed by atoms with E-state index in [1.54, 1.807) is 36.4 Å². The second-order valence-electron chi connectivity index (χ2n) is 7.61. The van der Waals surface area contributed by atoms with Gasteiger partial charge in [-0.2, -0.15) is 0 Å². The average Bonchev–Trinajstić information content (AvgIpc) is 3.22. The summed E-state index contributed by atoms with van der Waals surface area (Å²) >= 11 is 0. The Hall–Kier alpha value is -3.70. The molecule has 0 spiro atoms. The number of ether oxygens (including phenoxy) is 1. The molecule has 1 aliphatic heterocycles. The number of hydrogen-bond acceptors (Lipinski definition) is 7. The first-order valence-corrected chi connectivity index (χ1v) is 13.4. The van der Waals surface area contributed by atoms with Crippen LogP contribution in [0.3, 0.4) is 0 Å². The number of amides is 1. The van der Waals surface area contributed by atoms with Crippen molar-refractivity contribution >= 4 is 37.2 Å². The third-order valence-electron chi connectivity index (χ3n) is 5.02. The number of aliphatic imine (C=N–C) groups is 1. The molecule has 0 saturated carbocycles. The van der Waals surface area contributed by atoms with E-state index in [4.69, 9.17) is 4.74 Å². The monoisotopic (exact) mass is 499 g/mol. The van der Waals surface area contributed by atoms with Crippen LogP contribution in [0.4, 0.5) is 5.69 Å². The summed E-state index contributed by atoms with van der Waals surface area (Å²) in [6, 6.07) is 12.0. The number of sulfone groups is 1. The van der Waals surface area contributed by atoms with Crippen LogP contribution in [0.25, 0.3) is 0 Å². The minimum Gasteiger partial charge on any atom is -0.497 e. The number of allylic oxidation sites excluding steroid dienone is 5. The van der Waals surface area contributed by atoms with Gasteiger partial charge in [-0.25, -0.2) is 21.8 Å². The van der Waals surface area contributed by atoms with Gasteiger partial charge < -0.3 is 10.1 Å². The van der Waals surface area contributed by atoms with Gasteiger partial charge in [-0.3, -0.25) is 9.52 Å². The standard InChI is InChI=1S/C23H21N3O6S2/c1-32-18-8-10-19(11-9-18)34(30,31)20-5-3-4-16(13-20)24-23(27)22-12-15-6-7-17(14-21(15)25-22)26-33(2,28)29/h3-13,26H,14H2,1-2H3,(H,24,27). The van der Waals surface area contributed by atoms with Crippen molar-refractivity contribution in [2.45, 2.75) is 16.2 Å². The number of carbonyl (C=O) groups is 1. The largest absolute Gasteiger partial charge is 0.497 e. The van der Waals surface area contributed by atoms with Crippen LogP contribution in [0.5, 0.6) is 5.75 Å². The Labute approximate surface area is 197 Å². The van der Waals surface area contributed by atoms with Crippen molar-refractivity contribution in [1.82, 2.24) is 4.72 Å². The zero-order chi connectivity index (χ0) is 24.5. The molecule has 34 heavy (non-hydrogen) atoms. The van der Waals surface area contributed by atoms with Crippen LogP contribution < -0.4 is 14.8 Å². The van der Waals surface area contributed by atoms with Crippen molar-refractivity contribution in [3.05, 3.63) is 83.7 Å². The third-order valence-corrected chi connectivity index (χ3v) is 7.42. The number of benzene rings is 2. The predicted molar refractivity (Wildman–Crippen MR) is 128 cm³/mol. The van der Waals surface area contributed by atoms with Gasteiger partial charge in [0.25, 0.3) is 5.91 Å². The maximum atomic E-state index is 13.0. The van der Waals surface area contributed by atoms with Crippen molar-refractivity contribution in [3.63, 3.8) is 0 Å². The lowest BCUT2D eigenvalue weighted by Crippen LogP contribution is -2.24. The Morgan fingerprint density at radius 3 is 2.41 bits per heavy atom. The van der Waals surface area contributed by atoms with Gasteiger partial charge in [-0.05, 0) is 60.2 Å². The molecule has 1 heterocycles. The number of sulfonamides is 1. The molecule has 0 atom stereocenters. The molecule has 0 fully saturated rings. The molecule has 176 valence electrons. The fraction of sp³-hybridized carbons (Fsp3) is 0.130. The number of carbonyl (C=O) groups excluding carboxylic acids is 1. The smallest absolute Gasteiger partial charge is 0.274 e. The highest BCUT2D eigenvalue weighted by Gasteiger charge is 2.24. The van der Waals surface area contributed by atoms with Crippen LogP contribution in [0, 0.1) is 0 Å². The average molecular weight is 500 g/mol. The minimum absolute atomic E-state index is 0.0271. The fourth-order valence-electron chi connectivity index (χ4n) is 3.44. The van der Waals surface area contributed by atoms with Gasteiger partial charge in [0.1, 0.15) is 11.4 Å². The number of fused-ring (bicyclic) bond motifs is 1. The summed E-state index contributed by atoms with van der Waals surface area (Å²) in [4.78, 5) is 17.2. The molecule has 1 amide bonds. The number of hydrogen-bond donors (Lipinski definition) is 2. The summed E-state index contributed by atoms with van der Waals surface area (Å²) in [5.74, 6) is 0.0240. The first-order chi connectivity index (χ1) is 16.0. The van der Waals surface area contributed by atoms with Crippen molar-refractivity contribution < 1.29 is 26.4 Å². The van der Waals surface area contributed by atoms with E-state index in [0.717, 1.165) is 6.26 Å². The van der Waals surface area contributed by atoms with Crippen LogP contribution in [0.15, 0.2) is 98.5 Å². The van der Waals surface area contributed by atoms with Crippen molar-refractivity contribution in [2.24, 2.45) is 4.99 Å². The van der Waals surface area contributed by atoms with E-state index in [0.29, 0.717) is 28.4 Å². The SMILES string of the molecule is COc1ccc(S(=O)(=O)c2cccc(NC(=O)C3=CC4=CC=C(NS(C)(=O)=O)CC4=N3)c2)cc1. The summed E-state index contributed by atoms with van der Waals surface area (Å²) in [6.07, 6.45) is 6.19. The van der Waals surface area contributed by atoms with E-state index in [2.05, 4.69) is 15.0 Å². The number of methoxy groups -OCH3 is 1. The van der Waals surface area contributed by atoms with Crippen LogP contribution in [-0.2, 0) is 24.7 Å². The van der Waals surface area contributed by atoms with Crippen LogP contribution in [-0.4, -0.2) is 41.8 Å². The Morgan fingerprint density at radius 1 is 1.00 bits per heavy atom. The quantitative estimate of drug-likeness (QED) is 0.602. The summed E-state index contributed by atoms with van der Waals surface area (Å²) in [5, 5.41) is 2.67. The van der Waals surface area contributed by atoms with E-state index in [9.17, 15) is 21.6 Å². The van der Waals surface area contributed by atoms with E-state index in [1.165, 1.54) is 37.4 Å². The van der Waals surface area contributed by atoms with Crippen molar-refractivity contribution in [2.75, 3.05) is 18.7 Å². The Bertz CT molecular complexity index is 1500. The second-order valence-corrected chi connectivity index (χ2v) is 11.3. The highest BCUT2D eigenvalue weighted by Crippen LogP contribution is 2.27. The lowest BCUT2D eigenvalue weighted by Gasteiger charge is -2.13. The lowest BCUT2D eigenvalue weighted by atomic mass is 10.0. The number of nitrogens with one attached hydrogen (secondary N) is 2. The van der Waals surface area contributed by atoms with E-state index >= 15 is 0 Å². The normalized spacial score (nSPS) is 15.4. The summed E-state index contributed by atoms with van der Waals surface area (Å²) in [5.41, 5.74) is 2.16. The van der Waals surface area contributed by atoms with Gasteiger partial charge >= 0.3 is 0 Å². The molecule has 0 radical (unpaired) electrons. The molecule has 2 aliphatic rings. The highest BCUT2D eigenvalue weighted by atomic mass is 32.2. The molecular weight excluding hydrogens is 478 g/mol. The Morgan fingerprint density at radius 2 is 1.74 bits per heavy atom. The van der Waals surface area contributed by atoms with Crippen LogP contribution in [0.1, 0.15) is 6.42 Å². The molecule has 11 heteroatoms. The molecule has 2 N–H and O–H groups in total. The lowest BCUT2D eigenvalue weighted by molar-refractivity contribution is -0.112. The molecule has 0 bridgehead atoms. The predicted octanol–water partition coefficient (Wildman–Crippen LogP) is 2.57. The zero-order valence-corrected chi connectivity index (χ0v) is 19.9. The number of nitrogens with zero attached hydrogens (tertiary/aromatic N) is 1. The van der Waals surface area contributed by atoms with E-state index in [1.807, 2.05) is 0 Å². The first kappa shape index (κ1) is 23.5. The molecule has 2 aromatic carbocycles. The summed E-state index contributed by atoms with van der Waals surface area (Å²) in [7, 11) is -5.72. The molecule has 2 aromatic rings. The van der Waals surface area contributed by atoms with Gasteiger partial charge in [0, 0.05) is 17.8 Å². The van der Waals surface area contributed by atoms with E-state index in [-0.39, 0.29) is 21.9 Å². The molecule has 4 rings (SSSR count). The maximum Gasteiger partial charge on any atom is 0.274 e. The topological polar surface area (TPSA) is 131 Å². The number of anilines is 1. The molecule has 0 unspecified atom stereocenters. The molecule has 0 saturated heterocycles. The highest BCUT2D eigenvalue weighted by molar-refractivity contribution is 7.91. The zero-order valence-electron chi connectivity index (χ0n) is 18.3. The van der Waals surface area contributed by atoms with Crippen molar-refractivity contribution in [1.29, 1.82) is 0 Å². The first-order valence-electron chi connectivity index (χ1n) is 10.0. The minimum atomic E-state index is -3.80. The third kappa shape index (κ3) is 5.10. The summed E-state index contributed by atoms with van der Waals surface area (Å²) in [6.45, 7) is 0. The fourth-order valence-corrected chi connectivity index (χ4v) is 5.36. The number of rotatable bonds is 7. The van der Waals surface area contributed by atoms with Crippen LogP contribution in [0.2, 0.25) is 0 Å². The van der Waals surface area contributed by atoms with Crippen molar-refractivity contribution in [3.8, 4) is 5.75 Å². The second kappa shape index (κ2) is 8.92. The summed E-state index contributed by atoms with van der Waals surface area (Å²) < 4.78 is 56.3. The van der Waals surface area contributed by atoms with Gasteiger partial charge in [0.05, 0.1) is 28.9 Å². The molecule has 1 aliphatic carbocycles. The Balaban J connectivity index is 1.50. The van der Waals surface area contributed by atoms with Gasteiger partial charge in [-0.15, -0.1) is 0 Å². The molecule has 9 nitrogen and oxygen atoms in total. The maximum absolute atomic E-state index is 13.0. The van der Waals surface area contributed by atoms with Gasteiger partial charge in [0.15, 0.2) is 0 Å². The Kier molecular flexibility index (Phi) is 6.15. The molecular formula is C23H21N3O6S2. The van der Waals surface area contributed by atoms with E-state index < -0.39 is 25.8 Å². The molecule has 0 aromatic heterocycles. The van der Waals surface area contributed by atoms with Gasteiger partial charge in [0.2, 0.25) is 19.9 Å². The van der Waals surface area contributed by atoms with Crippen LogP contribution >= 0.6 is 0 Å². The van der Waals surface area contributed by atoms with Gasteiger partial charge in [-0.1, -0.05) is 12.1 Å².